The quantitative estimate of drug-likeness (QED) is 0.521. The zero-order valence-electron chi connectivity index (χ0n) is 12.5. The van der Waals surface area contributed by atoms with Crippen LogP contribution in [0.5, 0.6) is 0 Å². The standard InChI is InChI=1S/C19H16N2S2/c1-2-4-16(5-3-1)19-20-17(10-14-6-8-22-12-14)18(21-19)11-15-7-9-23-13-15/h1-9,12-13H,10-11H2,(H,20,21). The number of hydrogen-bond donors (Lipinski definition) is 1. The van der Waals surface area contributed by atoms with Crippen LogP contribution in [0.15, 0.2) is 64.0 Å². The second-order valence-corrected chi connectivity index (χ2v) is 7.05. The predicted molar refractivity (Wildman–Crippen MR) is 98.3 cm³/mol. The largest absolute Gasteiger partial charge is 0.341 e. The molecule has 23 heavy (non-hydrogen) atoms. The third-order valence-corrected chi connectivity index (χ3v) is 5.29. The molecule has 0 fully saturated rings. The molecule has 0 spiro atoms. The van der Waals surface area contributed by atoms with Crippen LogP contribution in [0.3, 0.4) is 0 Å². The third-order valence-electron chi connectivity index (χ3n) is 3.82. The van der Waals surface area contributed by atoms with Crippen LogP contribution in [0.2, 0.25) is 0 Å². The molecular weight excluding hydrogens is 320 g/mol. The molecule has 4 heteroatoms. The number of aromatic nitrogens is 2. The van der Waals surface area contributed by atoms with Gasteiger partial charge in [-0.05, 0) is 44.8 Å². The molecule has 0 unspecified atom stereocenters. The highest BCUT2D eigenvalue weighted by molar-refractivity contribution is 7.08. The molecule has 0 amide bonds. The van der Waals surface area contributed by atoms with Crippen molar-refractivity contribution in [1.82, 2.24) is 9.97 Å². The van der Waals surface area contributed by atoms with Gasteiger partial charge in [-0.25, -0.2) is 4.98 Å². The molecular formula is C19H16N2S2. The zero-order valence-corrected chi connectivity index (χ0v) is 14.2. The minimum absolute atomic E-state index is 0.881. The molecule has 3 aromatic heterocycles. The maximum Gasteiger partial charge on any atom is 0.137 e. The number of nitrogens with one attached hydrogen (secondary N) is 1. The van der Waals surface area contributed by atoms with E-state index in [4.69, 9.17) is 4.98 Å². The summed E-state index contributed by atoms with van der Waals surface area (Å²) in [5, 5.41) is 8.66. The van der Waals surface area contributed by atoms with E-state index < -0.39 is 0 Å². The number of benzene rings is 1. The van der Waals surface area contributed by atoms with Crippen LogP contribution in [-0.4, -0.2) is 9.97 Å². The molecule has 0 bridgehead atoms. The van der Waals surface area contributed by atoms with Crippen molar-refractivity contribution in [3.63, 3.8) is 0 Å². The summed E-state index contributed by atoms with van der Waals surface area (Å²) < 4.78 is 0. The molecule has 1 aromatic carbocycles. The van der Waals surface area contributed by atoms with Gasteiger partial charge < -0.3 is 4.98 Å². The summed E-state index contributed by atoms with van der Waals surface area (Å²) in [6.07, 6.45) is 1.79. The predicted octanol–water partition coefficient (Wildman–Crippen LogP) is 5.38. The van der Waals surface area contributed by atoms with Crippen LogP contribution >= 0.6 is 22.7 Å². The van der Waals surface area contributed by atoms with Crippen molar-refractivity contribution in [2.75, 3.05) is 0 Å². The van der Waals surface area contributed by atoms with Gasteiger partial charge in [0.2, 0.25) is 0 Å². The Kier molecular flexibility index (Phi) is 4.09. The lowest BCUT2D eigenvalue weighted by Crippen LogP contribution is -1.95. The van der Waals surface area contributed by atoms with Crippen molar-refractivity contribution < 1.29 is 0 Å². The molecule has 0 saturated carbocycles. The normalized spacial score (nSPS) is 11.0. The molecule has 0 saturated heterocycles. The highest BCUT2D eigenvalue weighted by atomic mass is 32.1. The number of nitrogens with zero attached hydrogens (tertiary/aromatic N) is 1. The fourth-order valence-electron chi connectivity index (χ4n) is 2.65. The average Bonchev–Trinajstić information content (AvgIpc) is 3.32. The number of aromatic amines is 1. The Morgan fingerprint density at radius 3 is 2.17 bits per heavy atom. The molecule has 0 aliphatic rings. The van der Waals surface area contributed by atoms with Crippen molar-refractivity contribution in [3.05, 3.63) is 86.5 Å². The van der Waals surface area contributed by atoms with Gasteiger partial charge in [0.25, 0.3) is 0 Å². The van der Waals surface area contributed by atoms with Crippen molar-refractivity contribution in [2.45, 2.75) is 12.8 Å². The van der Waals surface area contributed by atoms with Gasteiger partial charge in [0.05, 0.1) is 5.69 Å². The van der Waals surface area contributed by atoms with Gasteiger partial charge in [-0.1, -0.05) is 30.3 Å². The Hall–Kier alpha value is -2.17. The van der Waals surface area contributed by atoms with E-state index in [2.05, 4.69) is 62.9 Å². The van der Waals surface area contributed by atoms with E-state index in [-0.39, 0.29) is 0 Å². The molecule has 3 heterocycles. The molecule has 0 atom stereocenters. The van der Waals surface area contributed by atoms with Gasteiger partial charge in [0.15, 0.2) is 0 Å². The van der Waals surface area contributed by atoms with Gasteiger partial charge in [0, 0.05) is 24.1 Å². The van der Waals surface area contributed by atoms with Crippen LogP contribution in [0.25, 0.3) is 11.4 Å². The number of hydrogen-bond acceptors (Lipinski definition) is 3. The van der Waals surface area contributed by atoms with Gasteiger partial charge in [-0.15, -0.1) is 0 Å². The Labute approximate surface area is 143 Å². The van der Waals surface area contributed by atoms with Gasteiger partial charge >= 0.3 is 0 Å². The topological polar surface area (TPSA) is 28.7 Å². The lowest BCUT2D eigenvalue weighted by Gasteiger charge is -2.00. The molecule has 4 aromatic rings. The highest BCUT2D eigenvalue weighted by Crippen LogP contribution is 2.23. The molecule has 0 radical (unpaired) electrons. The van der Waals surface area contributed by atoms with Crippen molar-refractivity contribution in [3.8, 4) is 11.4 Å². The molecule has 4 rings (SSSR count). The van der Waals surface area contributed by atoms with E-state index in [1.54, 1.807) is 22.7 Å². The van der Waals surface area contributed by atoms with Crippen LogP contribution in [0.4, 0.5) is 0 Å². The molecule has 1 N–H and O–H groups in total. The summed E-state index contributed by atoms with van der Waals surface area (Å²) in [6, 6.07) is 14.7. The summed E-state index contributed by atoms with van der Waals surface area (Å²) in [5.41, 5.74) is 6.16. The van der Waals surface area contributed by atoms with Gasteiger partial charge in [-0.3, -0.25) is 0 Å². The SMILES string of the molecule is c1ccc(-c2nc(Cc3ccsc3)c(Cc3ccsc3)[nH]2)cc1. The van der Waals surface area contributed by atoms with Crippen LogP contribution in [0, 0.1) is 0 Å². The van der Waals surface area contributed by atoms with Crippen LogP contribution in [-0.2, 0) is 12.8 Å². The Morgan fingerprint density at radius 2 is 1.52 bits per heavy atom. The number of rotatable bonds is 5. The summed E-state index contributed by atoms with van der Waals surface area (Å²) in [6.45, 7) is 0. The molecule has 0 aliphatic heterocycles. The van der Waals surface area contributed by atoms with Crippen molar-refractivity contribution in [1.29, 1.82) is 0 Å². The molecule has 114 valence electrons. The highest BCUT2D eigenvalue weighted by Gasteiger charge is 2.13. The van der Waals surface area contributed by atoms with E-state index in [9.17, 15) is 0 Å². The van der Waals surface area contributed by atoms with E-state index in [1.807, 2.05) is 6.07 Å². The maximum atomic E-state index is 4.89. The first-order chi connectivity index (χ1) is 11.4. The summed E-state index contributed by atoms with van der Waals surface area (Å²) in [4.78, 5) is 8.43. The van der Waals surface area contributed by atoms with E-state index in [0.717, 1.165) is 29.9 Å². The van der Waals surface area contributed by atoms with E-state index in [0.29, 0.717) is 0 Å². The Balaban J connectivity index is 1.71. The average molecular weight is 336 g/mol. The first-order valence-corrected chi connectivity index (χ1v) is 9.42. The first kappa shape index (κ1) is 14.4. The van der Waals surface area contributed by atoms with Gasteiger partial charge in [0.1, 0.15) is 5.82 Å². The smallest absolute Gasteiger partial charge is 0.137 e. The number of H-pyrrole nitrogens is 1. The minimum atomic E-state index is 0.881. The van der Waals surface area contributed by atoms with E-state index >= 15 is 0 Å². The van der Waals surface area contributed by atoms with Crippen molar-refractivity contribution in [2.24, 2.45) is 0 Å². The molecule has 2 nitrogen and oxygen atoms in total. The number of thiophene rings is 2. The zero-order chi connectivity index (χ0) is 15.5. The third kappa shape index (κ3) is 3.28. The second-order valence-electron chi connectivity index (χ2n) is 5.49. The summed E-state index contributed by atoms with van der Waals surface area (Å²) >= 11 is 3.48. The Bertz CT molecular complexity index is 806. The first-order valence-electron chi connectivity index (χ1n) is 7.54. The molecule has 0 aliphatic carbocycles. The lowest BCUT2D eigenvalue weighted by molar-refractivity contribution is 1.03. The number of imidazole rings is 1. The monoisotopic (exact) mass is 336 g/mol. The fourth-order valence-corrected chi connectivity index (χ4v) is 3.99. The minimum Gasteiger partial charge on any atom is -0.341 e. The van der Waals surface area contributed by atoms with Crippen molar-refractivity contribution >= 4 is 22.7 Å². The lowest BCUT2D eigenvalue weighted by atomic mass is 10.1. The van der Waals surface area contributed by atoms with E-state index in [1.165, 1.54) is 16.8 Å². The van der Waals surface area contributed by atoms with Crippen LogP contribution < -0.4 is 0 Å². The van der Waals surface area contributed by atoms with Crippen LogP contribution in [0.1, 0.15) is 22.5 Å². The Morgan fingerprint density at radius 1 is 0.826 bits per heavy atom. The second kappa shape index (κ2) is 6.52. The maximum absolute atomic E-state index is 4.89. The summed E-state index contributed by atoms with van der Waals surface area (Å²) in [7, 11) is 0. The van der Waals surface area contributed by atoms with Gasteiger partial charge in [-0.2, -0.15) is 22.7 Å². The fraction of sp³-hybridized carbons (Fsp3) is 0.105. The summed E-state index contributed by atoms with van der Waals surface area (Å²) in [5.74, 6) is 0.959.